The van der Waals surface area contributed by atoms with Crippen molar-refractivity contribution in [1.82, 2.24) is 4.31 Å². The van der Waals surface area contributed by atoms with E-state index >= 15 is 0 Å². The monoisotopic (exact) mass is 313 g/mol. The predicted molar refractivity (Wildman–Crippen MR) is 69.6 cm³/mol. The summed E-state index contributed by atoms with van der Waals surface area (Å²) >= 11 is 0. The number of hydrogen-bond acceptors (Lipinski definition) is 6. The maximum Gasteiger partial charge on any atom is 0.324 e. The molecule has 1 unspecified atom stereocenters. The molecule has 112 valence electrons. The van der Waals surface area contributed by atoms with Gasteiger partial charge in [-0.25, -0.2) is 16.8 Å². The molecule has 0 radical (unpaired) electrons. The number of sulfonamides is 1. The molecule has 0 saturated carbocycles. The molecule has 0 N–H and O–H groups in total. The lowest BCUT2D eigenvalue weighted by molar-refractivity contribution is -0.148. The van der Waals surface area contributed by atoms with Crippen LogP contribution in [0, 0.1) is 0 Å². The standard InChI is InChI=1S/C10H19NO6S2/c1-3-17-10(12)9-6-4-5-7-11(9)19(15,16)8-18(2,13)14/h9H,3-8H2,1-2H3. The molecule has 7 nitrogen and oxygen atoms in total. The second-order valence-corrected chi connectivity index (χ2v) is 8.96. The summed E-state index contributed by atoms with van der Waals surface area (Å²) in [5, 5.41) is -0.976. The molecular formula is C10H19NO6S2. The highest BCUT2D eigenvalue weighted by Gasteiger charge is 2.38. The van der Waals surface area contributed by atoms with E-state index in [1.165, 1.54) is 0 Å². The minimum absolute atomic E-state index is 0.154. The number of hydrogen-bond donors (Lipinski definition) is 0. The first kappa shape index (κ1) is 16.4. The molecule has 1 aliphatic heterocycles. The van der Waals surface area contributed by atoms with Crippen LogP contribution in [0.5, 0.6) is 0 Å². The Kier molecular flexibility index (Phi) is 5.34. The summed E-state index contributed by atoms with van der Waals surface area (Å²) in [6.45, 7) is 1.95. The molecule has 0 aliphatic carbocycles. The smallest absolute Gasteiger partial charge is 0.324 e. The van der Waals surface area contributed by atoms with Gasteiger partial charge in [0.05, 0.1) is 6.61 Å². The molecule has 0 aromatic rings. The number of rotatable bonds is 5. The van der Waals surface area contributed by atoms with Gasteiger partial charge in [0.2, 0.25) is 10.0 Å². The third-order valence-electron chi connectivity index (χ3n) is 2.73. The van der Waals surface area contributed by atoms with Gasteiger partial charge in [0.1, 0.15) is 6.04 Å². The maximum atomic E-state index is 12.1. The summed E-state index contributed by atoms with van der Waals surface area (Å²) in [6.07, 6.45) is 2.54. The Balaban J connectivity index is 2.97. The van der Waals surface area contributed by atoms with E-state index in [1.54, 1.807) is 6.92 Å². The van der Waals surface area contributed by atoms with Gasteiger partial charge in [0.15, 0.2) is 14.9 Å². The zero-order chi connectivity index (χ0) is 14.7. The van der Waals surface area contributed by atoms with Crippen LogP contribution in [0.25, 0.3) is 0 Å². The van der Waals surface area contributed by atoms with Crippen molar-refractivity contribution in [1.29, 1.82) is 0 Å². The Morgan fingerprint density at radius 3 is 2.42 bits per heavy atom. The Morgan fingerprint density at radius 2 is 1.89 bits per heavy atom. The average molecular weight is 313 g/mol. The zero-order valence-electron chi connectivity index (χ0n) is 11.0. The van der Waals surface area contributed by atoms with Crippen molar-refractivity contribution in [3.05, 3.63) is 0 Å². The van der Waals surface area contributed by atoms with E-state index in [0.717, 1.165) is 10.6 Å². The first-order chi connectivity index (χ1) is 8.67. The Hall–Kier alpha value is -0.670. The molecule has 0 aromatic heterocycles. The fourth-order valence-corrected chi connectivity index (χ4v) is 5.74. The van der Waals surface area contributed by atoms with E-state index in [-0.39, 0.29) is 13.2 Å². The first-order valence-corrected chi connectivity index (χ1v) is 9.68. The molecule has 9 heteroatoms. The van der Waals surface area contributed by atoms with E-state index < -0.39 is 37.0 Å². The lowest BCUT2D eigenvalue weighted by Gasteiger charge is -2.32. The molecule has 1 atom stereocenters. The van der Waals surface area contributed by atoms with E-state index in [2.05, 4.69) is 0 Å². The van der Waals surface area contributed by atoms with Crippen LogP contribution in [-0.2, 0) is 29.4 Å². The summed E-state index contributed by atoms with van der Waals surface area (Å²) in [5.41, 5.74) is 0. The van der Waals surface area contributed by atoms with Crippen molar-refractivity contribution in [2.75, 3.05) is 24.5 Å². The van der Waals surface area contributed by atoms with Gasteiger partial charge in [0.25, 0.3) is 0 Å². The van der Waals surface area contributed by atoms with Crippen LogP contribution in [0.15, 0.2) is 0 Å². The van der Waals surface area contributed by atoms with Crippen LogP contribution in [-0.4, -0.2) is 57.6 Å². The second kappa shape index (κ2) is 6.19. The quantitative estimate of drug-likeness (QED) is 0.648. The summed E-state index contributed by atoms with van der Waals surface area (Å²) in [6, 6.07) is -0.902. The van der Waals surface area contributed by atoms with Crippen LogP contribution >= 0.6 is 0 Å². The zero-order valence-corrected chi connectivity index (χ0v) is 12.7. The fourth-order valence-electron chi connectivity index (χ4n) is 2.05. The van der Waals surface area contributed by atoms with Gasteiger partial charge in [-0.15, -0.1) is 0 Å². The summed E-state index contributed by atoms with van der Waals surface area (Å²) in [5.74, 6) is -0.612. The highest BCUT2D eigenvalue weighted by atomic mass is 32.3. The summed E-state index contributed by atoms with van der Waals surface area (Å²) < 4.78 is 52.3. The molecule has 0 amide bonds. The van der Waals surface area contributed by atoms with E-state index in [0.29, 0.717) is 19.3 Å². The summed E-state index contributed by atoms with van der Waals surface area (Å²) in [4.78, 5) is 11.7. The number of sulfone groups is 1. The van der Waals surface area contributed by atoms with E-state index in [1.807, 2.05) is 0 Å². The second-order valence-electron chi connectivity index (χ2n) is 4.53. The van der Waals surface area contributed by atoms with Crippen LogP contribution < -0.4 is 0 Å². The minimum Gasteiger partial charge on any atom is -0.465 e. The lowest BCUT2D eigenvalue weighted by atomic mass is 10.1. The van der Waals surface area contributed by atoms with Gasteiger partial charge in [0, 0.05) is 12.8 Å². The number of ether oxygens (including phenoxy) is 1. The van der Waals surface area contributed by atoms with Crippen molar-refractivity contribution < 1.29 is 26.4 Å². The molecule has 0 spiro atoms. The van der Waals surface area contributed by atoms with Crippen molar-refractivity contribution >= 4 is 25.8 Å². The van der Waals surface area contributed by atoms with Gasteiger partial charge >= 0.3 is 5.97 Å². The number of piperidine rings is 1. The average Bonchev–Trinajstić information content (AvgIpc) is 2.26. The molecule has 1 fully saturated rings. The van der Waals surface area contributed by atoms with Crippen molar-refractivity contribution in [2.24, 2.45) is 0 Å². The van der Waals surface area contributed by atoms with Crippen LogP contribution in [0.1, 0.15) is 26.2 Å². The predicted octanol–water partition coefficient (Wildman–Crippen LogP) is -0.264. The van der Waals surface area contributed by atoms with E-state index in [9.17, 15) is 21.6 Å². The van der Waals surface area contributed by atoms with Crippen molar-refractivity contribution in [2.45, 2.75) is 32.2 Å². The fraction of sp³-hybridized carbons (Fsp3) is 0.900. The van der Waals surface area contributed by atoms with Crippen LogP contribution in [0.4, 0.5) is 0 Å². The Bertz CT molecular complexity index is 524. The SMILES string of the molecule is CCOC(=O)C1CCCCN1S(=O)(=O)CS(C)(=O)=O. The number of carbonyl (C=O) groups is 1. The highest BCUT2D eigenvalue weighted by Crippen LogP contribution is 2.22. The molecule has 0 aromatic carbocycles. The summed E-state index contributed by atoms with van der Waals surface area (Å²) in [7, 11) is -7.68. The van der Waals surface area contributed by atoms with Crippen molar-refractivity contribution in [3.63, 3.8) is 0 Å². The van der Waals surface area contributed by atoms with Gasteiger partial charge in [-0.3, -0.25) is 4.79 Å². The minimum atomic E-state index is -4.01. The highest BCUT2D eigenvalue weighted by molar-refractivity contribution is 8.06. The number of nitrogens with zero attached hydrogens (tertiary/aromatic N) is 1. The van der Waals surface area contributed by atoms with Crippen LogP contribution in [0.3, 0.4) is 0 Å². The number of carbonyl (C=O) groups excluding carboxylic acids is 1. The number of esters is 1. The Labute approximate surface area is 113 Å². The molecule has 1 aliphatic rings. The van der Waals surface area contributed by atoms with Gasteiger partial charge in [-0.1, -0.05) is 0 Å². The molecule has 19 heavy (non-hydrogen) atoms. The lowest BCUT2D eigenvalue weighted by Crippen LogP contribution is -2.50. The van der Waals surface area contributed by atoms with Gasteiger partial charge < -0.3 is 4.74 Å². The Morgan fingerprint density at radius 1 is 1.26 bits per heavy atom. The molecule has 0 bridgehead atoms. The molecule has 1 saturated heterocycles. The van der Waals surface area contributed by atoms with Gasteiger partial charge in [-0.2, -0.15) is 4.31 Å². The molecule has 1 rings (SSSR count). The largest absolute Gasteiger partial charge is 0.465 e. The normalized spacial score (nSPS) is 22.1. The van der Waals surface area contributed by atoms with E-state index in [4.69, 9.17) is 4.74 Å². The van der Waals surface area contributed by atoms with Crippen molar-refractivity contribution in [3.8, 4) is 0 Å². The van der Waals surface area contributed by atoms with Crippen LogP contribution in [0.2, 0.25) is 0 Å². The molecule has 1 heterocycles. The topological polar surface area (TPSA) is 97.8 Å². The molecular weight excluding hydrogens is 294 g/mol. The maximum absolute atomic E-state index is 12.1. The third-order valence-corrected chi connectivity index (χ3v) is 6.79. The van der Waals surface area contributed by atoms with Gasteiger partial charge in [-0.05, 0) is 26.2 Å². The third kappa shape index (κ3) is 4.73. The first-order valence-electron chi connectivity index (χ1n) is 6.01.